The normalized spacial score (nSPS) is 25.8. The summed E-state index contributed by atoms with van der Waals surface area (Å²) in [5, 5.41) is 0. The number of hydrogen-bond acceptors (Lipinski definition) is 3. The number of carbonyl (C=O) groups excluding carboxylic acids is 1. The second-order valence-corrected chi connectivity index (χ2v) is 7.44. The first-order chi connectivity index (χ1) is 12.7. The van der Waals surface area contributed by atoms with E-state index in [0.29, 0.717) is 31.7 Å². The molecule has 0 amide bonds. The van der Waals surface area contributed by atoms with Gasteiger partial charge in [-0.15, -0.1) is 0 Å². The number of hydrogen-bond donors (Lipinski definition) is 0. The van der Waals surface area contributed by atoms with Gasteiger partial charge in [0.2, 0.25) is 0 Å². The number of piperidine rings is 1. The molecule has 2 heterocycles. The second-order valence-electron chi connectivity index (χ2n) is 7.44. The van der Waals surface area contributed by atoms with Crippen molar-refractivity contribution in [2.75, 3.05) is 13.2 Å². The molecule has 0 aliphatic carbocycles. The molecule has 26 heavy (non-hydrogen) atoms. The van der Waals surface area contributed by atoms with Crippen LogP contribution in [0.3, 0.4) is 0 Å². The highest BCUT2D eigenvalue weighted by atomic mass is 19.1. The van der Waals surface area contributed by atoms with Crippen LogP contribution >= 0.6 is 0 Å². The van der Waals surface area contributed by atoms with Gasteiger partial charge in [-0.3, -0.25) is 9.69 Å². The minimum atomic E-state index is -0.262. The Hall–Kier alpha value is -2.04. The molecule has 2 fully saturated rings. The number of rotatable bonds is 5. The van der Waals surface area contributed by atoms with Crippen LogP contribution in [-0.2, 0) is 22.5 Å². The Morgan fingerprint density at radius 3 is 2.27 bits per heavy atom. The van der Waals surface area contributed by atoms with Gasteiger partial charge >= 0.3 is 0 Å². The second kappa shape index (κ2) is 7.68. The van der Waals surface area contributed by atoms with Crippen LogP contribution in [0.25, 0.3) is 0 Å². The molecule has 2 bridgehead atoms. The Bertz CT molecular complexity index is 732. The van der Waals surface area contributed by atoms with E-state index in [1.807, 2.05) is 6.07 Å². The first kappa shape index (κ1) is 17.4. The average Bonchev–Trinajstić information content (AvgIpc) is 2.64. The first-order valence-electron chi connectivity index (χ1n) is 9.33. The van der Waals surface area contributed by atoms with Crippen LogP contribution in [-0.4, -0.2) is 36.0 Å². The highest BCUT2D eigenvalue weighted by Gasteiger charge is 2.40. The Kier molecular flexibility index (Phi) is 5.14. The van der Waals surface area contributed by atoms with Crippen molar-refractivity contribution in [3.63, 3.8) is 0 Å². The topological polar surface area (TPSA) is 29.5 Å². The van der Waals surface area contributed by atoms with Crippen LogP contribution in [0.15, 0.2) is 54.6 Å². The molecule has 2 aliphatic rings. The van der Waals surface area contributed by atoms with Gasteiger partial charge in [-0.25, -0.2) is 4.39 Å². The number of Topliss-reactive ketones (excluding diaryl/α,β-unsaturated/α-hetero) is 1. The van der Waals surface area contributed by atoms with Crippen LogP contribution in [0.4, 0.5) is 4.39 Å². The van der Waals surface area contributed by atoms with E-state index < -0.39 is 0 Å². The summed E-state index contributed by atoms with van der Waals surface area (Å²) >= 11 is 0. The summed E-state index contributed by atoms with van der Waals surface area (Å²) in [6.07, 6.45) is 2.09. The standard InChI is InChI=1S/C22H24FNO2/c23-19-8-6-16(7-9-19)10-22(25)18-11-20-14-26-15-21(12-18)24(20)13-17-4-2-1-3-5-17/h1-9,18,20-21H,10-15H2. The molecular weight excluding hydrogens is 329 g/mol. The molecular formula is C22H24FNO2. The van der Waals surface area contributed by atoms with E-state index in [1.165, 1.54) is 17.7 Å². The van der Waals surface area contributed by atoms with Gasteiger partial charge in [-0.05, 0) is 36.1 Å². The molecule has 136 valence electrons. The van der Waals surface area contributed by atoms with E-state index >= 15 is 0 Å². The number of benzene rings is 2. The molecule has 2 unspecified atom stereocenters. The van der Waals surface area contributed by atoms with E-state index in [1.54, 1.807) is 12.1 Å². The molecule has 2 saturated heterocycles. The molecule has 0 N–H and O–H groups in total. The van der Waals surface area contributed by atoms with E-state index in [0.717, 1.165) is 24.9 Å². The summed E-state index contributed by atoms with van der Waals surface area (Å²) in [7, 11) is 0. The molecule has 0 radical (unpaired) electrons. The van der Waals surface area contributed by atoms with Gasteiger partial charge in [-0.2, -0.15) is 0 Å². The third-order valence-corrected chi connectivity index (χ3v) is 5.63. The zero-order valence-electron chi connectivity index (χ0n) is 14.8. The first-order valence-corrected chi connectivity index (χ1v) is 9.33. The quantitative estimate of drug-likeness (QED) is 0.822. The monoisotopic (exact) mass is 353 g/mol. The number of ether oxygens (including phenoxy) is 1. The lowest BCUT2D eigenvalue weighted by Crippen LogP contribution is -2.57. The molecule has 2 atom stereocenters. The maximum absolute atomic E-state index is 13.1. The molecule has 4 rings (SSSR count). The van der Waals surface area contributed by atoms with E-state index in [9.17, 15) is 9.18 Å². The fourth-order valence-corrected chi connectivity index (χ4v) is 4.25. The number of fused-ring (bicyclic) bond motifs is 2. The summed E-state index contributed by atoms with van der Waals surface area (Å²) in [5.41, 5.74) is 2.20. The third-order valence-electron chi connectivity index (χ3n) is 5.63. The zero-order chi connectivity index (χ0) is 17.9. The summed E-state index contributed by atoms with van der Waals surface area (Å²) in [4.78, 5) is 15.3. The predicted molar refractivity (Wildman–Crippen MR) is 98.2 cm³/mol. The smallest absolute Gasteiger partial charge is 0.140 e. The van der Waals surface area contributed by atoms with Crippen LogP contribution in [0.5, 0.6) is 0 Å². The minimum absolute atomic E-state index is 0.0750. The fourth-order valence-electron chi connectivity index (χ4n) is 4.25. The summed E-state index contributed by atoms with van der Waals surface area (Å²) < 4.78 is 18.8. The summed E-state index contributed by atoms with van der Waals surface area (Å²) in [6, 6.07) is 17.3. The van der Waals surface area contributed by atoms with E-state index in [4.69, 9.17) is 4.74 Å². The Balaban J connectivity index is 1.42. The van der Waals surface area contributed by atoms with Crippen molar-refractivity contribution in [1.82, 2.24) is 4.90 Å². The van der Waals surface area contributed by atoms with Gasteiger partial charge < -0.3 is 4.74 Å². The van der Waals surface area contributed by atoms with Gasteiger partial charge in [0.1, 0.15) is 11.6 Å². The Morgan fingerprint density at radius 1 is 0.962 bits per heavy atom. The Morgan fingerprint density at radius 2 is 1.62 bits per heavy atom. The molecule has 0 saturated carbocycles. The van der Waals surface area contributed by atoms with Crippen molar-refractivity contribution in [3.05, 3.63) is 71.5 Å². The van der Waals surface area contributed by atoms with Crippen LogP contribution in [0, 0.1) is 11.7 Å². The molecule has 0 aromatic heterocycles. The van der Waals surface area contributed by atoms with Crippen molar-refractivity contribution >= 4 is 5.78 Å². The molecule has 0 spiro atoms. The average molecular weight is 353 g/mol. The summed E-state index contributed by atoms with van der Waals surface area (Å²) in [5.74, 6) is 0.0842. The molecule has 2 aromatic rings. The van der Waals surface area contributed by atoms with Crippen molar-refractivity contribution in [2.24, 2.45) is 5.92 Å². The molecule has 4 heteroatoms. The van der Waals surface area contributed by atoms with Crippen LogP contribution in [0.1, 0.15) is 24.0 Å². The largest absolute Gasteiger partial charge is 0.378 e. The third kappa shape index (κ3) is 3.87. The van der Waals surface area contributed by atoms with Crippen molar-refractivity contribution in [3.8, 4) is 0 Å². The molecule has 2 aliphatic heterocycles. The summed E-state index contributed by atoms with van der Waals surface area (Å²) in [6.45, 7) is 2.31. The van der Waals surface area contributed by atoms with Gasteiger partial charge in [0.15, 0.2) is 0 Å². The van der Waals surface area contributed by atoms with Gasteiger partial charge in [-0.1, -0.05) is 42.5 Å². The number of halogens is 1. The molecule has 3 nitrogen and oxygen atoms in total. The lowest BCUT2D eigenvalue weighted by Gasteiger charge is -2.48. The van der Waals surface area contributed by atoms with Gasteiger partial charge in [0.05, 0.1) is 13.2 Å². The van der Waals surface area contributed by atoms with E-state index in [2.05, 4.69) is 29.2 Å². The van der Waals surface area contributed by atoms with Gasteiger partial charge in [0, 0.05) is 31.0 Å². The molecule has 2 aromatic carbocycles. The fraction of sp³-hybridized carbons (Fsp3) is 0.409. The Labute approximate surface area is 153 Å². The lowest BCUT2D eigenvalue weighted by atomic mass is 9.80. The number of carbonyl (C=O) groups is 1. The van der Waals surface area contributed by atoms with Gasteiger partial charge in [0.25, 0.3) is 0 Å². The highest BCUT2D eigenvalue weighted by Crippen LogP contribution is 2.33. The minimum Gasteiger partial charge on any atom is -0.378 e. The van der Waals surface area contributed by atoms with E-state index in [-0.39, 0.29) is 17.5 Å². The maximum Gasteiger partial charge on any atom is 0.140 e. The number of morpholine rings is 1. The lowest BCUT2D eigenvalue weighted by molar-refractivity contribution is -0.133. The number of ketones is 1. The highest BCUT2D eigenvalue weighted by molar-refractivity contribution is 5.83. The van der Waals surface area contributed by atoms with Crippen molar-refractivity contribution in [2.45, 2.75) is 37.9 Å². The zero-order valence-corrected chi connectivity index (χ0v) is 14.8. The number of nitrogens with zero attached hydrogens (tertiary/aromatic N) is 1. The van der Waals surface area contributed by atoms with Crippen molar-refractivity contribution in [1.29, 1.82) is 0 Å². The maximum atomic E-state index is 13.1. The van der Waals surface area contributed by atoms with Crippen LogP contribution < -0.4 is 0 Å². The van der Waals surface area contributed by atoms with Crippen molar-refractivity contribution < 1.29 is 13.9 Å². The SMILES string of the molecule is O=C(Cc1ccc(F)cc1)C1CC2COCC(C1)N2Cc1ccccc1. The van der Waals surface area contributed by atoms with Crippen LogP contribution in [0.2, 0.25) is 0 Å². The predicted octanol–water partition coefficient (Wildman–Crippen LogP) is 3.62.